The molecule has 0 spiro atoms. The second kappa shape index (κ2) is 6.92. The van der Waals surface area contributed by atoms with Gasteiger partial charge in [-0.05, 0) is 25.2 Å². The molecule has 1 aliphatic carbocycles. The van der Waals surface area contributed by atoms with Crippen molar-refractivity contribution >= 4 is 11.9 Å². The van der Waals surface area contributed by atoms with Gasteiger partial charge in [0.05, 0.1) is 0 Å². The number of hydrogen-bond acceptors (Lipinski definition) is 2. The van der Waals surface area contributed by atoms with Gasteiger partial charge in [0, 0.05) is 13.0 Å². The van der Waals surface area contributed by atoms with Crippen LogP contribution >= 0.6 is 0 Å². The van der Waals surface area contributed by atoms with Crippen LogP contribution < -0.4 is 0 Å². The predicted octanol–water partition coefficient (Wildman–Crippen LogP) is 2.81. The zero-order chi connectivity index (χ0) is 13.7. The van der Waals surface area contributed by atoms with Crippen LogP contribution in [0.2, 0.25) is 0 Å². The van der Waals surface area contributed by atoms with Gasteiger partial charge in [0.2, 0.25) is 5.91 Å². The average molecular weight is 267 g/mol. The third kappa shape index (κ3) is 3.95. The number of likely N-dealkylation sites (tertiary alicyclic amines) is 1. The average Bonchev–Trinajstić information content (AvgIpc) is 2.77. The molecule has 2 aliphatic rings. The van der Waals surface area contributed by atoms with E-state index in [0.717, 1.165) is 25.7 Å². The molecule has 2 fully saturated rings. The van der Waals surface area contributed by atoms with Crippen molar-refractivity contribution < 1.29 is 14.7 Å². The molecule has 0 radical (unpaired) electrons. The largest absolute Gasteiger partial charge is 0.480 e. The molecule has 1 unspecified atom stereocenters. The first-order valence-corrected chi connectivity index (χ1v) is 7.71. The van der Waals surface area contributed by atoms with E-state index in [0.29, 0.717) is 25.3 Å². The van der Waals surface area contributed by atoms with Crippen LogP contribution in [-0.4, -0.2) is 34.5 Å². The maximum absolute atomic E-state index is 12.3. The van der Waals surface area contributed by atoms with Crippen LogP contribution in [0.1, 0.15) is 64.2 Å². The number of rotatable bonds is 4. The number of hydrogen-bond donors (Lipinski definition) is 1. The van der Waals surface area contributed by atoms with E-state index in [1.165, 1.54) is 25.7 Å². The van der Waals surface area contributed by atoms with Crippen LogP contribution in [-0.2, 0) is 9.59 Å². The smallest absolute Gasteiger partial charge is 0.326 e. The van der Waals surface area contributed by atoms with Crippen molar-refractivity contribution in [2.75, 3.05) is 6.54 Å². The summed E-state index contributed by atoms with van der Waals surface area (Å²) in [4.78, 5) is 25.2. The van der Waals surface area contributed by atoms with Gasteiger partial charge >= 0.3 is 5.97 Å². The molecule has 4 heteroatoms. The molecule has 4 nitrogen and oxygen atoms in total. The molecule has 0 aromatic rings. The molecule has 1 saturated carbocycles. The molecule has 1 amide bonds. The highest BCUT2D eigenvalue weighted by atomic mass is 16.4. The molecular formula is C15H25NO3. The van der Waals surface area contributed by atoms with Crippen LogP contribution in [0.3, 0.4) is 0 Å². The lowest BCUT2D eigenvalue weighted by atomic mass is 10.0. The number of carboxylic acid groups (broad SMARTS) is 1. The van der Waals surface area contributed by atoms with Crippen molar-refractivity contribution in [3.8, 4) is 0 Å². The van der Waals surface area contributed by atoms with E-state index in [1.54, 1.807) is 4.90 Å². The van der Waals surface area contributed by atoms with Gasteiger partial charge in [0.25, 0.3) is 0 Å². The second-order valence-electron chi connectivity index (χ2n) is 5.98. The Morgan fingerprint density at radius 3 is 2.37 bits per heavy atom. The van der Waals surface area contributed by atoms with Gasteiger partial charge < -0.3 is 10.0 Å². The Labute approximate surface area is 115 Å². The summed E-state index contributed by atoms with van der Waals surface area (Å²) in [5, 5.41) is 9.27. The van der Waals surface area contributed by atoms with Gasteiger partial charge in [-0.2, -0.15) is 0 Å². The highest BCUT2D eigenvalue weighted by Crippen LogP contribution is 2.29. The molecule has 0 aromatic carbocycles. The van der Waals surface area contributed by atoms with E-state index in [9.17, 15) is 14.7 Å². The topological polar surface area (TPSA) is 57.6 Å². The minimum Gasteiger partial charge on any atom is -0.480 e. The Morgan fingerprint density at radius 1 is 1.00 bits per heavy atom. The summed E-state index contributed by atoms with van der Waals surface area (Å²) >= 11 is 0. The molecular weight excluding hydrogens is 242 g/mol. The predicted molar refractivity (Wildman–Crippen MR) is 72.8 cm³/mol. The first kappa shape index (κ1) is 14.4. The number of nitrogens with zero attached hydrogens (tertiary/aromatic N) is 1. The third-order valence-corrected chi connectivity index (χ3v) is 4.60. The molecule has 1 aliphatic heterocycles. The lowest BCUT2D eigenvalue weighted by molar-refractivity contribution is -0.150. The fourth-order valence-corrected chi connectivity index (χ4v) is 3.43. The van der Waals surface area contributed by atoms with Crippen molar-refractivity contribution in [2.24, 2.45) is 5.92 Å². The number of aliphatic carboxylic acids is 1. The summed E-state index contributed by atoms with van der Waals surface area (Å²) in [7, 11) is 0. The summed E-state index contributed by atoms with van der Waals surface area (Å²) < 4.78 is 0. The van der Waals surface area contributed by atoms with Crippen LogP contribution in [0.5, 0.6) is 0 Å². The quantitative estimate of drug-likeness (QED) is 0.852. The monoisotopic (exact) mass is 267 g/mol. The standard InChI is InChI=1S/C15H25NO3/c17-14(10-9-12-6-3-4-7-12)16-11-5-1-2-8-13(16)15(18)19/h12-13H,1-11H2,(H,18,19). The van der Waals surface area contributed by atoms with E-state index in [2.05, 4.69) is 0 Å². The zero-order valence-corrected chi connectivity index (χ0v) is 11.6. The lowest BCUT2D eigenvalue weighted by Crippen LogP contribution is -2.44. The SMILES string of the molecule is O=C(O)C1CCCCCN1C(=O)CCC1CCCC1. The van der Waals surface area contributed by atoms with E-state index in [4.69, 9.17) is 0 Å². The van der Waals surface area contributed by atoms with Gasteiger partial charge in [-0.15, -0.1) is 0 Å². The Morgan fingerprint density at radius 2 is 1.68 bits per heavy atom. The Bertz CT molecular complexity index is 323. The highest BCUT2D eigenvalue weighted by molar-refractivity contribution is 5.83. The number of amides is 1. The molecule has 1 N–H and O–H groups in total. The van der Waals surface area contributed by atoms with Crippen molar-refractivity contribution in [1.29, 1.82) is 0 Å². The normalized spacial score (nSPS) is 25.3. The first-order chi connectivity index (χ1) is 9.18. The second-order valence-corrected chi connectivity index (χ2v) is 5.98. The van der Waals surface area contributed by atoms with E-state index >= 15 is 0 Å². The maximum atomic E-state index is 12.3. The van der Waals surface area contributed by atoms with Crippen LogP contribution in [0, 0.1) is 5.92 Å². The summed E-state index contributed by atoms with van der Waals surface area (Å²) in [5.41, 5.74) is 0. The maximum Gasteiger partial charge on any atom is 0.326 e. The minimum absolute atomic E-state index is 0.0567. The summed E-state index contributed by atoms with van der Waals surface area (Å²) in [6.45, 7) is 0.625. The highest BCUT2D eigenvalue weighted by Gasteiger charge is 2.30. The van der Waals surface area contributed by atoms with Gasteiger partial charge in [-0.1, -0.05) is 38.5 Å². The molecule has 1 atom stereocenters. The molecule has 1 saturated heterocycles. The Balaban J connectivity index is 1.88. The molecule has 2 rings (SSSR count). The molecule has 0 bridgehead atoms. The summed E-state index contributed by atoms with van der Waals surface area (Å²) in [5.74, 6) is -0.0866. The van der Waals surface area contributed by atoms with E-state index in [-0.39, 0.29) is 5.91 Å². The Hall–Kier alpha value is -1.06. The van der Waals surface area contributed by atoms with Crippen LogP contribution in [0.15, 0.2) is 0 Å². The summed E-state index contributed by atoms with van der Waals surface area (Å²) in [6.07, 6.45) is 10.1. The molecule has 19 heavy (non-hydrogen) atoms. The molecule has 0 aromatic heterocycles. The van der Waals surface area contributed by atoms with Gasteiger partial charge in [0.1, 0.15) is 6.04 Å². The minimum atomic E-state index is -0.837. The first-order valence-electron chi connectivity index (χ1n) is 7.71. The number of carbonyl (C=O) groups excluding carboxylic acids is 1. The molecule has 1 heterocycles. The van der Waals surface area contributed by atoms with E-state index < -0.39 is 12.0 Å². The summed E-state index contributed by atoms with van der Waals surface area (Å²) in [6, 6.07) is -0.585. The van der Waals surface area contributed by atoms with Gasteiger partial charge in [0.15, 0.2) is 0 Å². The van der Waals surface area contributed by atoms with E-state index in [1.807, 2.05) is 0 Å². The van der Waals surface area contributed by atoms with Crippen molar-refractivity contribution in [1.82, 2.24) is 4.90 Å². The van der Waals surface area contributed by atoms with Crippen molar-refractivity contribution in [2.45, 2.75) is 70.3 Å². The van der Waals surface area contributed by atoms with Crippen LogP contribution in [0.25, 0.3) is 0 Å². The fraction of sp³-hybridized carbons (Fsp3) is 0.867. The van der Waals surface area contributed by atoms with Gasteiger partial charge in [-0.3, -0.25) is 4.79 Å². The number of carboxylic acids is 1. The molecule has 108 valence electrons. The van der Waals surface area contributed by atoms with Crippen LogP contribution in [0.4, 0.5) is 0 Å². The third-order valence-electron chi connectivity index (χ3n) is 4.60. The lowest BCUT2D eigenvalue weighted by Gasteiger charge is -2.27. The van der Waals surface area contributed by atoms with Crippen molar-refractivity contribution in [3.05, 3.63) is 0 Å². The fourth-order valence-electron chi connectivity index (χ4n) is 3.43. The number of carbonyl (C=O) groups is 2. The Kier molecular flexibility index (Phi) is 5.23. The zero-order valence-electron chi connectivity index (χ0n) is 11.6. The van der Waals surface area contributed by atoms with Gasteiger partial charge in [-0.25, -0.2) is 4.79 Å². The van der Waals surface area contributed by atoms with Crippen molar-refractivity contribution in [3.63, 3.8) is 0 Å².